The molecule has 0 fully saturated rings. The van der Waals surface area contributed by atoms with Crippen molar-refractivity contribution in [2.45, 2.75) is 26.7 Å². The van der Waals surface area contributed by atoms with Crippen molar-refractivity contribution in [2.24, 2.45) is 5.41 Å². The van der Waals surface area contributed by atoms with Crippen molar-refractivity contribution >= 4 is 11.6 Å². The van der Waals surface area contributed by atoms with Crippen molar-refractivity contribution < 1.29 is 15.0 Å². The number of rotatable bonds is 6. The van der Waals surface area contributed by atoms with Crippen LogP contribution in [0.25, 0.3) is 0 Å². The van der Waals surface area contributed by atoms with Gasteiger partial charge in [0.1, 0.15) is 5.75 Å². The van der Waals surface area contributed by atoms with Crippen LogP contribution in [0, 0.1) is 5.41 Å². The molecule has 5 nitrogen and oxygen atoms in total. The van der Waals surface area contributed by atoms with E-state index in [0.717, 1.165) is 6.42 Å². The Balaban J connectivity index is 2.62. The summed E-state index contributed by atoms with van der Waals surface area (Å²) in [5, 5.41) is 21.0. The first-order valence-corrected chi connectivity index (χ1v) is 6.33. The van der Waals surface area contributed by atoms with Gasteiger partial charge in [0, 0.05) is 18.8 Å². The number of hydrogen-bond acceptors (Lipinski definition) is 4. The molecule has 0 spiro atoms. The van der Waals surface area contributed by atoms with E-state index in [2.05, 4.69) is 5.32 Å². The number of phenols is 1. The van der Waals surface area contributed by atoms with E-state index >= 15 is 0 Å². The van der Waals surface area contributed by atoms with Crippen LogP contribution in [0.15, 0.2) is 18.2 Å². The Bertz CT molecular complexity index is 444. The fourth-order valence-electron chi connectivity index (χ4n) is 1.80. The zero-order valence-electron chi connectivity index (χ0n) is 11.4. The van der Waals surface area contributed by atoms with E-state index in [0.29, 0.717) is 18.7 Å². The number of nitrogens with one attached hydrogen (secondary N) is 1. The van der Waals surface area contributed by atoms with Crippen molar-refractivity contribution in [1.29, 1.82) is 0 Å². The highest BCUT2D eigenvalue weighted by Crippen LogP contribution is 2.22. The van der Waals surface area contributed by atoms with Crippen LogP contribution < -0.4 is 11.1 Å². The van der Waals surface area contributed by atoms with Crippen molar-refractivity contribution in [2.75, 3.05) is 18.9 Å². The first-order chi connectivity index (χ1) is 8.85. The number of carbonyl (C=O) groups is 1. The molecule has 0 radical (unpaired) electrons. The van der Waals surface area contributed by atoms with Crippen LogP contribution in [0.4, 0.5) is 5.69 Å². The Morgan fingerprint density at radius 3 is 2.74 bits per heavy atom. The lowest BCUT2D eigenvalue weighted by Crippen LogP contribution is -2.34. The maximum absolute atomic E-state index is 12.0. The lowest BCUT2D eigenvalue weighted by atomic mass is 9.88. The Labute approximate surface area is 113 Å². The third kappa shape index (κ3) is 4.79. The summed E-state index contributed by atoms with van der Waals surface area (Å²) in [5.74, 6) is -0.288. The molecule has 5 N–H and O–H groups in total. The molecule has 106 valence electrons. The summed E-state index contributed by atoms with van der Waals surface area (Å²) in [4.78, 5) is 12.0. The van der Waals surface area contributed by atoms with Gasteiger partial charge in [0.2, 0.25) is 0 Å². The molecule has 1 rings (SSSR count). The highest BCUT2D eigenvalue weighted by Gasteiger charge is 2.19. The molecule has 0 aliphatic rings. The average Bonchev–Trinajstić information content (AvgIpc) is 2.36. The Hall–Kier alpha value is -1.75. The molecule has 1 amide bonds. The van der Waals surface area contributed by atoms with Crippen LogP contribution in [0.2, 0.25) is 0 Å². The third-order valence-corrected chi connectivity index (χ3v) is 3.02. The van der Waals surface area contributed by atoms with Gasteiger partial charge in [-0.15, -0.1) is 0 Å². The second-order valence-electron chi connectivity index (χ2n) is 5.45. The van der Waals surface area contributed by atoms with Crippen LogP contribution in [0.5, 0.6) is 5.75 Å². The smallest absolute Gasteiger partial charge is 0.253 e. The molecule has 0 atom stereocenters. The summed E-state index contributed by atoms with van der Waals surface area (Å²) in [7, 11) is 0. The number of hydrogen-bond donors (Lipinski definition) is 4. The molecule has 19 heavy (non-hydrogen) atoms. The Morgan fingerprint density at radius 2 is 2.11 bits per heavy atom. The molecule has 0 aliphatic heterocycles. The predicted octanol–water partition coefficient (Wildman–Crippen LogP) is 1.50. The van der Waals surface area contributed by atoms with Crippen molar-refractivity contribution in [3.8, 4) is 5.75 Å². The minimum absolute atomic E-state index is 0.0129. The van der Waals surface area contributed by atoms with Crippen LogP contribution in [-0.4, -0.2) is 29.3 Å². The molecule has 0 saturated heterocycles. The van der Waals surface area contributed by atoms with Crippen LogP contribution in [-0.2, 0) is 0 Å². The number of anilines is 1. The van der Waals surface area contributed by atoms with Gasteiger partial charge in [-0.1, -0.05) is 13.8 Å². The molecule has 0 unspecified atom stereocenters. The van der Waals surface area contributed by atoms with Gasteiger partial charge in [-0.05, 0) is 36.5 Å². The van der Waals surface area contributed by atoms with Crippen LogP contribution in [0.1, 0.15) is 37.0 Å². The zero-order chi connectivity index (χ0) is 14.5. The van der Waals surface area contributed by atoms with E-state index in [9.17, 15) is 9.90 Å². The maximum atomic E-state index is 12.0. The van der Waals surface area contributed by atoms with E-state index in [1.807, 2.05) is 13.8 Å². The Morgan fingerprint density at radius 1 is 1.42 bits per heavy atom. The lowest BCUT2D eigenvalue weighted by Gasteiger charge is -2.24. The number of benzene rings is 1. The van der Waals surface area contributed by atoms with Crippen LogP contribution >= 0.6 is 0 Å². The molecular weight excluding hydrogens is 244 g/mol. The van der Waals surface area contributed by atoms with Gasteiger partial charge in [0.15, 0.2) is 0 Å². The SMILES string of the molecule is CC(C)(CCCO)CNC(=O)c1cc(O)ccc1N. The number of aliphatic hydroxyl groups is 1. The van der Waals surface area contributed by atoms with Crippen LogP contribution in [0.3, 0.4) is 0 Å². The maximum Gasteiger partial charge on any atom is 0.253 e. The van der Waals surface area contributed by atoms with Crippen molar-refractivity contribution in [3.05, 3.63) is 23.8 Å². The summed E-state index contributed by atoms with van der Waals surface area (Å²) in [5.41, 5.74) is 6.22. The van der Waals surface area contributed by atoms with Gasteiger partial charge >= 0.3 is 0 Å². The van der Waals surface area contributed by atoms with E-state index < -0.39 is 0 Å². The normalized spacial score (nSPS) is 11.3. The monoisotopic (exact) mass is 266 g/mol. The summed E-state index contributed by atoms with van der Waals surface area (Å²) in [6, 6.07) is 4.30. The molecule has 1 aromatic rings. The second kappa shape index (κ2) is 6.43. The van der Waals surface area contributed by atoms with Gasteiger partial charge in [-0.2, -0.15) is 0 Å². The van der Waals surface area contributed by atoms with Gasteiger partial charge in [0.05, 0.1) is 5.56 Å². The number of amides is 1. The second-order valence-corrected chi connectivity index (χ2v) is 5.45. The summed E-state index contributed by atoms with van der Waals surface area (Å²) >= 11 is 0. The van der Waals surface area contributed by atoms with E-state index in [1.165, 1.54) is 18.2 Å². The van der Waals surface area contributed by atoms with Gasteiger partial charge in [-0.25, -0.2) is 0 Å². The topological polar surface area (TPSA) is 95.6 Å². The zero-order valence-corrected chi connectivity index (χ0v) is 11.4. The summed E-state index contributed by atoms with van der Waals surface area (Å²) in [6.45, 7) is 4.68. The molecule has 0 aliphatic carbocycles. The predicted molar refractivity (Wildman–Crippen MR) is 75.0 cm³/mol. The lowest BCUT2D eigenvalue weighted by molar-refractivity contribution is 0.0933. The van der Waals surface area contributed by atoms with Crippen molar-refractivity contribution in [3.63, 3.8) is 0 Å². The molecule has 0 heterocycles. The number of nitrogens with two attached hydrogens (primary N) is 1. The number of nitrogen functional groups attached to an aromatic ring is 1. The molecule has 5 heteroatoms. The third-order valence-electron chi connectivity index (χ3n) is 3.02. The number of aromatic hydroxyl groups is 1. The number of carbonyl (C=O) groups excluding carboxylic acids is 1. The summed E-state index contributed by atoms with van der Waals surface area (Å²) in [6.07, 6.45) is 1.52. The van der Waals surface area contributed by atoms with Gasteiger partial charge in [-0.3, -0.25) is 4.79 Å². The van der Waals surface area contributed by atoms with E-state index in [-0.39, 0.29) is 29.2 Å². The minimum Gasteiger partial charge on any atom is -0.508 e. The van der Waals surface area contributed by atoms with Crippen molar-refractivity contribution in [1.82, 2.24) is 5.32 Å². The molecule has 0 aromatic heterocycles. The number of phenolic OH excluding ortho intramolecular Hbond substituents is 1. The largest absolute Gasteiger partial charge is 0.508 e. The van der Waals surface area contributed by atoms with E-state index in [4.69, 9.17) is 10.8 Å². The Kier molecular flexibility index (Phi) is 5.18. The molecule has 0 saturated carbocycles. The quantitative estimate of drug-likeness (QED) is 0.463. The standard InChI is InChI=1S/C14H22N2O3/c1-14(2,6-3-7-17)9-16-13(19)11-8-10(18)4-5-12(11)15/h4-5,8,17-18H,3,6-7,9,15H2,1-2H3,(H,16,19). The fourth-order valence-corrected chi connectivity index (χ4v) is 1.80. The highest BCUT2D eigenvalue weighted by atomic mass is 16.3. The molecular formula is C14H22N2O3. The first kappa shape index (κ1) is 15.3. The van der Waals surface area contributed by atoms with E-state index in [1.54, 1.807) is 0 Å². The summed E-state index contributed by atoms with van der Waals surface area (Å²) < 4.78 is 0. The first-order valence-electron chi connectivity index (χ1n) is 6.33. The van der Waals surface area contributed by atoms with Gasteiger partial charge < -0.3 is 21.3 Å². The molecule has 0 bridgehead atoms. The fraction of sp³-hybridized carbons (Fsp3) is 0.500. The molecule has 1 aromatic carbocycles. The van der Waals surface area contributed by atoms with Gasteiger partial charge in [0.25, 0.3) is 5.91 Å². The highest BCUT2D eigenvalue weighted by molar-refractivity contribution is 5.99. The average molecular weight is 266 g/mol. The minimum atomic E-state index is -0.300. The number of aliphatic hydroxyl groups excluding tert-OH is 1.